The number of aryl methyl sites for hydroxylation is 3. The van der Waals surface area contributed by atoms with E-state index in [0.29, 0.717) is 0 Å². The van der Waals surface area contributed by atoms with Gasteiger partial charge < -0.3 is 9.47 Å². The zero-order valence-electron chi connectivity index (χ0n) is 11.4. The summed E-state index contributed by atoms with van der Waals surface area (Å²) in [4.78, 5) is 2.26. The lowest BCUT2D eigenvalue weighted by molar-refractivity contribution is 0.388. The summed E-state index contributed by atoms with van der Waals surface area (Å²) in [6.45, 7) is 2.30. The van der Waals surface area contributed by atoms with E-state index in [1.165, 1.54) is 31.2 Å². The predicted molar refractivity (Wildman–Crippen MR) is 77.1 cm³/mol. The van der Waals surface area contributed by atoms with Crippen molar-refractivity contribution in [3.05, 3.63) is 35.5 Å². The predicted octanol–water partition coefficient (Wildman–Crippen LogP) is 3.08. The molecule has 1 aromatic heterocycles. The Morgan fingerprint density at radius 2 is 2.00 bits per heavy atom. The third kappa shape index (κ3) is 2.05. The van der Waals surface area contributed by atoms with Gasteiger partial charge in [0.15, 0.2) is 0 Å². The number of nitrogens with zero attached hydrogens (tertiary/aromatic N) is 2. The van der Waals surface area contributed by atoms with Gasteiger partial charge in [0.2, 0.25) is 0 Å². The second-order valence-corrected chi connectivity index (χ2v) is 5.67. The molecule has 1 aromatic carbocycles. The fourth-order valence-corrected chi connectivity index (χ4v) is 3.13. The average molecular weight is 242 g/mol. The lowest BCUT2D eigenvalue weighted by Crippen LogP contribution is -2.14. The number of hydrogen-bond acceptors (Lipinski definition) is 1. The minimum Gasteiger partial charge on any atom is -0.347 e. The van der Waals surface area contributed by atoms with Crippen molar-refractivity contribution in [1.82, 2.24) is 9.47 Å². The highest BCUT2D eigenvalue weighted by molar-refractivity contribution is 5.88. The van der Waals surface area contributed by atoms with Crippen LogP contribution in [0, 0.1) is 0 Å². The Bertz CT molecular complexity index is 551. The molecule has 1 heterocycles. The van der Waals surface area contributed by atoms with Gasteiger partial charge in [0.05, 0.1) is 0 Å². The number of rotatable bonds is 4. The Labute approximate surface area is 109 Å². The molecule has 0 spiro atoms. The quantitative estimate of drug-likeness (QED) is 0.800. The van der Waals surface area contributed by atoms with Gasteiger partial charge in [-0.05, 0) is 63.5 Å². The van der Waals surface area contributed by atoms with Crippen LogP contribution in [-0.2, 0) is 19.4 Å². The van der Waals surface area contributed by atoms with Gasteiger partial charge in [-0.25, -0.2) is 0 Å². The summed E-state index contributed by atoms with van der Waals surface area (Å²) < 4.78 is 2.46. The van der Waals surface area contributed by atoms with Gasteiger partial charge in [-0.2, -0.15) is 0 Å². The van der Waals surface area contributed by atoms with Crippen LogP contribution >= 0.6 is 0 Å². The summed E-state index contributed by atoms with van der Waals surface area (Å²) in [5.74, 6) is 0. The smallest absolute Gasteiger partial charge is 0.0485 e. The molecular weight excluding hydrogens is 220 g/mol. The molecule has 2 nitrogen and oxygen atoms in total. The number of hydrogen-bond donors (Lipinski definition) is 0. The molecule has 0 radical (unpaired) electrons. The van der Waals surface area contributed by atoms with E-state index in [9.17, 15) is 0 Å². The molecule has 3 rings (SSSR count). The summed E-state index contributed by atoms with van der Waals surface area (Å²) in [6.07, 6.45) is 7.44. The first-order chi connectivity index (χ1) is 8.75. The van der Waals surface area contributed by atoms with Crippen LogP contribution in [0.2, 0.25) is 0 Å². The van der Waals surface area contributed by atoms with Crippen molar-refractivity contribution in [2.24, 2.45) is 0 Å². The van der Waals surface area contributed by atoms with E-state index in [0.717, 1.165) is 13.1 Å². The molecule has 2 aromatic rings. The van der Waals surface area contributed by atoms with E-state index >= 15 is 0 Å². The molecule has 0 amide bonds. The minimum atomic E-state index is 1.14. The molecule has 0 saturated carbocycles. The fourth-order valence-electron chi connectivity index (χ4n) is 3.13. The average Bonchev–Trinajstić information content (AvgIpc) is 2.70. The van der Waals surface area contributed by atoms with Gasteiger partial charge in [-0.3, -0.25) is 0 Å². The molecule has 1 aliphatic rings. The zero-order valence-corrected chi connectivity index (χ0v) is 11.4. The summed E-state index contributed by atoms with van der Waals surface area (Å²) >= 11 is 0. The van der Waals surface area contributed by atoms with Gasteiger partial charge in [-0.15, -0.1) is 0 Å². The highest BCUT2D eigenvalue weighted by Crippen LogP contribution is 2.31. The molecule has 18 heavy (non-hydrogen) atoms. The number of benzene rings is 1. The largest absolute Gasteiger partial charge is 0.347 e. The maximum Gasteiger partial charge on any atom is 0.0485 e. The second-order valence-electron chi connectivity index (χ2n) is 5.67. The molecule has 0 aliphatic heterocycles. The Morgan fingerprint density at radius 3 is 2.83 bits per heavy atom. The van der Waals surface area contributed by atoms with Crippen LogP contribution in [0.4, 0.5) is 0 Å². The van der Waals surface area contributed by atoms with Crippen LogP contribution in [0.25, 0.3) is 10.9 Å². The van der Waals surface area contributed by atoms with Crippen molar-refractivity contribution < 1.29 is 0 Å². The van der Waals surface area contributed by atoms with Crippen molar-refractivity contribution in [3.63, 3.8) is 0 Å². The Morgan fingerprint density at radius 1 is 1.17 bits per heavy atom. The SMILES string of the molecule is CN(C)CCCn1cc2c3c(cccc31)CCC2. The van der Waals surface area contributed by atoms with Crippen LogP contribution in [0.3, 0.4) is 0 Å². The van der Waals surface area contributed by atoms with Crippen molar-refractivity contribution in [1.29, 1.82) is 0 Å². The highest BCUT2D eigenvalue weighted by Gasteiger charge is 2.15. The minimum absolute atomic E-state index is 1.14. The Balaban J connectivity index is 1.92. The van der Waals surface area contributed by atoms with Crippen molar-refractivity contribution in [3.8, 4) is 0 Å². The van der Waals surface area contributed by atoms with E-state index < -0.39 is 0 Å². The fraction of sp³-hybridized carbons (Fsp3) is 0.500. The zero-order chi connectivity index (χ0) is 12.5. The standard InChI is InChI=1S/C16H22N2/c1-17(2)10-5-11-18-12-14-8-3-6-13-7-4-9-15(18)16(13)14/h4,7,9,12H,3,5-6,8,10-11H2,1-2H3. The Kier molecular flexibility index (Phi) is 3.13. The first kappa shape index (κ1) is 11.8. The van der Waals surface area contributed by atoms with Gasteiger partial charge >= 0.3 is 0 Å². The molecule has 0 bridgehead atoms. The molecule has 0 N–H and O–H groups in total. The van der Waals surface area contributed by atoms with Gasteiger partial charge in [0, 0.05) is 23.6 Å². The van der Waals surface area contributed by atoms with Crippen LogP contribution < -0.4 is 0 Å². The van der Waals surface area contributed by atoms with E-state index in [4.69, 9.17) is 0 Å². The molecular formula is C16H22N2. The first-order valence-electron chi connectivity index (χ1n) is 7.00. The molecule has 0 atom stereocenters. The highest BCUT2D eigenvalue weighted by atomic mass is 15.1. The molecule has 0 unspecified atom stereocenters. The monoisotopic (exact) mass is 242 g/mol. The summed E-state index contributed by atoms with van der Waals surface area (Å²) in [5, 5.41) is 1.55. The summed E-state index contributed by atoms with van der Waals surface area (Å²) in [5.41, 5.74) is 4.57. The third-order valence-electron chi connectivity index (χ3n) is 3.97. The topological polar surface area (TPSA) is 8.17 Å². The lowest BCUT2D eigenvalue weighted by atomic mass is 9.93. The van der Waals surface area contributed by atoms with Gasteiger partial charge in [0.1, 0.15) is 0 Å². The molecule has 0 saturated heterocycles. The third-order valence-corrected chi connectivity index (χ3v) is 3.97. The van der Waals surface area contributed by atoms with E-state index in [1.807, 2.05) is 0 Å². The van der Waals surface area contributed by atoms with Crippen molar-refractivity contribution >= 4 is 10.9 Å². The number of aromatic nitrogens is 1. The summed E-state index contributed by atoms with van der Waals surface area (Å²) in [6, 6.07) is 6.80. The van der Waals surface area contributed by atoms with Crippen molar-refractivity contribution in [2.45, 2.75) is 32.2 Å². The summed E-state index contributed by atoms with van der Waals surface area (Å²) in [7, 11) is 4.29. The lowest BCUT2D eigenvalue weighted by Gasteiger charge is -2.12. The second kappa shape index (κ2) is 4.77. The maximum atomic E-state index is 2.46. The molecule has 96 valence electrons. The molecule has 0 fully saturated rings. The van der Waals surface area contributed by atoms with Crippen LogP contribution in [0.5, 0.6) is 0 Å². The van der Waals surface area contributed by atoms with Gasteiger partial charge in [-0.1, -0.05) is 12.1 Å². The normalized spacial score (nSPS) is 14.6. The van der Waals surface area contributed by atoms with E-state index in [-0.39, 0.29) is 0 Å². The van der Waals surface area contributed by atoms with Crippen LogP contribution in [-0.4, -0.2) is 30.1 Å². The van der Waals surface area contributed by atoms with Crippen LogP contribution in [0.1, 0.15) is 24.0 Å². The van der Waals surface area contributed by atoms with Gasteiger partial charge in [0.25, 0.3) is 0 Å². The van der Waals surface area contributed by atoms with Crippen LogP contribution in [0.15, 0.2) is 24.4 Å². The Hall–Kier alpha value is -1.28. The van der Waals surface area contributed by atoms with E-state index in [1.54, 1.807) is 16.5 Å². The van der Waals surface area contributed by atoms with E-state index in [2.05, 4.69) is 48.0 Å². The maximum absolute atomic E-state index is 2.46. The molecule has 2 heteroatoms. The first-order valence-corrected chi connectivity index (χ1v) is 7.00. The molecule has 1 aliphatic carbocycles. The van der Waals surface area contributed by atoms with Crippen molar-refractivity contribution in [2.75, 3.05) is 20.6 Å².